The van der Waals surface area contributed by atoms with Crippen LogP contribution in [-0.4, -0.2) is 25.1 Å². The molecule has 0 saturated carbocycles. The van der Waals surface area contributed by atoms with Gasteiger partial charge in [-0.15, -0.1) is 0 Å². The average Bonchev–Trinajstić information content (AvgIpc) is 2.14. The van der Waals surface area contributed by atoms with E-state index < -0.39 is 13.7 Å². The van der Waals surface area contributed by atoms with E-state index in [4.69, 9.17) is 0 Å². The molecule has 0 heterocycles. The lowest BCUT2D eigenvalue weighted by molar-refractivity contribution is -0.107. The van der Waals surface area contributed by atoms with Crippen molar-refractivity contribution in [2.45, 2.75) is 77.2 Å². The second-order valence-corrected chi connectivity index (χ2v) is 12.5. The van der Waals surface area contributed by atoms with Gasteiger partial charge in [-0.05, 0) is 46.5 Å². The second kappa shape index (κ2) is 7.24. The van der Waals surface area contributed by atoms with E-state index in [1.807, 2.05) is 13.8 Å². The molecule has 0 amide bonds. The smallest absolute Gasteiger partial charge is 0.120 e. The highest BCUT2D eigenvalue weighted by molar-refractivity contribution is 6.79. The van der Waals surface area contributed by atoms with Crippen molar-refractivity contribution in [3.8, 4) is 0 Å². The van der Waals surface area contributed by atoms with Gasteiger partial charge in [-0.25, -0.2) is 0 Å². The van der Waals surface area contributed by atoms with E-state index in [0.29, 0.717) is 0 Å². The number of allylic oxidation sites excluding steroid dienone is 2. The molecule has 0 rings (SSSR count). The van der Waals surface area contributed by atoms with Crippen molar-refractivity contribution in [3.05, 3.63) is 11.6 Å². The largest absolute Gasteiger partial charge is 0.390 e. The molecule has 1 N–H and O–H groups in total. The number of hydrogen-bond donors (Lipinski definition) is 1. The van der Waals surface area contributed by atoms with E-state index >= 15 is 0 Å². The lowest BCUT2D eigenvalue weighted by atomic mass is 9.99. The fourth-order valence-electron chi connectivity index (χ4n) is 1.84. The maximum absolute atomic E-state index is 11.1. The molecule has 0 saturated heterocycles. The van der Waals surface area contributed by atoms with Crippen LogP contribution in [0, 0.1) is 0 Å². The molecule has 0 aliphatic carbocycles. The number of carbonyl (C=O) groups is 1. The van der Waals surface area contributed by atoms with Gasteiger partial charge >= 0.3 is 0 Å². The van der Waals surface area contributed by atoms with Gasteiger partial charge in [0, 0.05) is 5.54 Å². The summed E-state index contributed by atoms with van der Waals surface area (Å²) in [6.07, 6.45) is 7.07. The summed E-state index contributed by atoms with van der Waals surface area (Å²) in [5, 5.41) is 9.63. The van der Waals surface area contributed by atoms with Crippen molar-refractivity contribution >= 4 is 14.4 Å². The van der Waals surface area contributed by atoms with Crippen LogP contribution in [0.4, 0.5) is 0 Å². The van der Waals surface area contributed by atoms with Crippen LogP contribution >= 0.6 is 0 Å². The van der Waals surface area contributed by atoms with Crippen LogP contribution < -0.4 is 0 Å². The summed E-state index contributed by atoms with van der Waals surface area (Å²) in [5.74, 6) is 0. The van der Waals surface area contributed by atoms with Gasteiger partial charge in [0.05, 0.1) is 13.7 Å². The monoisotopic (exact) mass is 270 g/mol. The molecule has 18 heavy (non-hydrogen) atoms. The number of aliphatic hydroxyl groups is 1. The third-order valence-electron chi connectivity index (χ3n) is 3.36. The van der Waals surface area contributed by atoms with Crippen molar-refractivity contribution in [3.63, 3.8) is 0 Å². The molecule has 0 aromatic heterocycles. The molecule has 0 spiro atoms. The van der Waals surface area contributed by atoms with Crippen LogP contribution in [0.15, 0.2) is 11.6 Å². The average molecular weight is 270 g/mol. The van der Waals surface area contributed by atoms with Crippen LogP contribution in [0.25, 0.3) is 0 Å². The van der Waals surface area contributed by atoms with Gasteiger partial charge in [0.15, 0.2) is 0 Å². The highest BCUT2D eigenvalue weighted by Crippen LogP contribution is 2.25. The summed E-state index contributed by atoms with van der Waals surface area (Å²) in [6.45, 7) is 12.5. The number of rotatable bonds is 8. The Labute approximate surface area is 113 Å². The van der Waals surface area contributed by atoms with Gasteiger partial charge in [0.2, 0.25) is 0 Å². The summed E-state index contributed by atoms with van der Waals surface area (Å²) in [5.41, 5.74) is 0.996. The Bertz CT molecular complexity index is 282. The van der Waals surface area contributed by atoms with Crippen molar-refractivity contribution in [1.29, 1.82) is 0 Å². The molecular formula is C15H30O2Si. The molecule has 0 aliphatic rings. The van der Waals surface area contributed by atoms with Crippen molar-refractivity contribution in [2.24, 2.45) is 0 Å². The van der Waals surface area contributed by atoms with Gasteiger partial charge < -0.3 is 9.90 Å². The van der Waals surface area contributed by atoms with Crippen molar-refractivity contribution in [2.75, 3.05) is 0 Å². The van der Waals surface area contributed by atoms with Gasteiger partial charge in [-0.3, -0.25) is 0 Å². The summed E-state index contributed by atoms with van der Waals surface area (Å²) in [7, 11) is -1.37. The van der Waals surface area contributed by atoms with Crippen molar-refractivity contribution in [1.82, 2.24) is 0 Å². The van der Waals surface area contributed by atoms with E-state index in [9.17, 15) is 9.90 Å². The van der Waals surface area contributed by atoms with E-state index in [2.05, 4.69) is 32.6 Å². The molecule has 0 aromatic rings. The quantitative estimate of drug-likeness (QED) is 0.408. The zero-order valence-corrected chi connectivity index (χ0v) is 13.9. The topological polar surface area (TPSA) is 37.3 Å². The Morgan fingerprint density at radius 2 is 1.89 bits per heavy atom. The molecule has 106 valence electrons. The molecule has 0 radical (unpaired) electrons. The molecule has 0 aromatic carbocycles. The molecule has 1 atom stereocenters. The summed E-state index contributed by atoms with van der Waals surface area (Å²) >= 11 is 0. The number of hydrogen-bond acceptors (Lipinski definition) is 2. The SMILES string of the molecule is C/C(=C\CC(C=O)[Si](C)(C)C)CCCC(C)(C)O. The fraction of sp³-hybridized carbons (Fsp3) is 0.800. The lowest BCUT2D eigenvalue weighted by Gasteiger charge is -2.22. The first kappa shape index (κ1) is 17.6. The third kappa shape index (κ3) is 8.64. The molecule has 0 aliphatic heterocycles. The highest BCUT2D eigenvalue weighted by atomic mass is 28.3. The standard InChI is InChI=1S/C15H30O2Si/c1-13(8-7-11-15(2,3)17)9-10-14(12-16)18(4,5)6/h9,12,14,17H,7-8,10-11H2,1-6H3/b13-9+. The lowest BCUT2D eigenvalue weighted by Crippen LogP contribution is -2.28. The minimum Gasteiger partial charge on any atom is -0.390 e. The van der Waals surface area contributed by atoms with Crippen molar-refractivity contribution < 1.29 is 9.90 Å². The van der Waals surface area contributed by atoms with E-state index in [0.717, 1.165) is 32.0 Å². The Hall–Kier alpha value is -0.413. The number of aldehydes is 1. The van der Waals surface area contributed by atoms with E-state index in [1.165, 1.54) is 5.57 Å². The molecular weight excluding hydrogens is 240 g/mol. The molecule has 1 unspecified atom stereocenters. The first-order valence-electron chi connectivity index (χ1n) is 6.89. The Balaban J connectivity index is 4.15. The van der Waals surface area contributed by atoms with Crippen LogP contribution in [0.1, 0.15) is 46.5 Å². The van der Waals surface area contributed by atoms with Gasteiger partial charge in [0.1, 0.15) is 6.29 Å². The molecule has 2 nitrogen and oxygen atoms in total. The molecule has 3 heteroatoms. The van der Waals surface area contributed by atoms with Gasteiger partial charge in [0.25, 0.3) is 0 Å². The maximum Gasteiger partial charge on any atom is 0.120 e. The Morgan fingerprint density at radius 3 is 2.28 bits per heavy atom. The first-order valence-corrected chi connectivity index (χ1v) is 10.5. The Morgan fingerprint density at radius 1 is 1.33 bits per heavy atom. The van der Waals surface area contributed by atoms with Crippen LogP contribution in [0.5, 0.6) is 0 Å². The van der Waals surface area contributed by atoms with Crippen LogP contribution in [0.2, 0.25) is 25.2 Å². The minimum absolute atomic E-state index is 0.224. The second-order valence-electron chi connectivity index (χ2n) is 7.06. The minimum atomic E-state index is -1.37. The van der Waals surface area contributed by atoms with E-state index in [1.54, 1.807) is 0 Å². The van der Waals surface area contributed by atoms with E-state index in [-0.39, 0.29) is 5.54 Å². The third-order valence-corrected chi connectivity index (χ3v) is 5.95. The molecule has 0 fully saturated rings. The summed E-state index contributed by atoms with van der Waals surface area (Å²) in [6, 6.07) is 0. The maximum atomic E-state index is 11.1. The van der Waals surface area contributed by atoms with Gasteiger partial charge in [-0.1, -0.05) is 31.3 Å². The summed E-state index contributed by atoms with van der Waals surface area (Å²) < 4.78 is 0. The zero-order valence-electron chi connectivity index (χ0n) is 12.9. The number of carbonyl (C=O) groups excluding carboxylic acids is 1. The Kier molecular flexibility index (Phi) is 7.08. The molecule has 0 bridgehead atoms. The predicted octanol–water partition coefficient (Wildman–Crippen LogP) is 4.17. The zero-order chi connectivity index (χ0) is 14.4. The first-order chi connectivity index (χ1) is 8.06. The van der Waals surface area contributed by atoms with Crippen LogP contribution in [0.3, 0.4) is 0 Å². The fourth-order valence-corrected chi connectivity index (χ4v) is 3.08. The summed E-state index contributed by atoms with van der Waals surface area (Å²) in [4.78, 5) is 11.1. The van der Waals surface area contributed by atoms with Gasteiger partial charge in [-0.2, -0.15) is 0 Å². The van der Waals surface area contributed by atoms with Crippen LogP contribution in [-0.2, 0) is 4.79 Å². The predicted molar refractivity (Wildman–Crippen MR) is 81.7 cm³/mol. The highest BCUT2D eigenvalue weighted by Gasteiger charge is 2.24. The normalized spacial score (nSPS) is 15.6.